The predicted molar refractivity (Wildman–Crippen MR) is 305 cm³/mol. The number of carbonyl (C=O) groups is 4. The SMILES string of the molecule is C[C@H](c1ccc(-c2cccc(C#N)c2)cc1)N(CC(=O)Nc1cc(Cl)cc(Cl)c1)C(=O)CN1CC[C@H](O)C1.N#Cc1cccc(-c2ccc3c(c2)CC(N(CC(=O)Nc2cc(Cl)cc(Cl)c2)C(=O)CCN2CC[C@H](O)C2)C3)c1. The minimum absolute atomic E-state index is 0.0959. The number of benzene rings is 6. The molecule has 9 rings (SSSR count). The van der Waals surface area contributed by atoms with E-state index in [1.54, 1.807) is 53.4 Å². The van der Waals surface area contributed by atoms with E-state index in [9.17, 15) is 39.9 Å². The summed E-state index contributed by atoms with van der Waals surface area (Å²) in [6, 6.07) is 42.2. The van der Waals surface area contributed by atoms with Gasteiger partial charge in [0.25, 0.3) is 0 Å². The number of likely N-dealkylation sites (tertiary alicyclic amines) is 2. The second-order valence-corrected chi connectivity index (χ2v) is 21.6. The molecule has 6 aromatic rings. The van der Waals surface area contributed by atoms with Crippen molar-refractivity contribution in [3.63, 3.8) is 0 Å². The topological polar surface area (TPSA) is 193 Å². The highest BCUT2D eigenvalue weighted by Crippen LogP contribution is 2.33. The minimum atomic E-state index is -0.448. The van der Waals surface area contributed by atoms with Crippen molar-refractivity contribution in [1.29, 1.82) is 10.5 Å². The molecule has 0 spiro atoms. The normalized spacial score (nSPS) is 17.2. The summed E-state index contributed by atoms with van der Waals surface area (Å²) in [4.78, 5) is 60.3. The van der Waals surface area contributed by atoms with Gasteiger partial charge in [0, 0.05) is 76.7 Å². The number of carbonyl (C=O) groups excluding carboxylic acids is 4. The van der Waals surface area contributed by atoms with Crippen LogP contribution in [0.1, 0.15) is 60.0 Å². The minimum Gasteiger partial charge on any atom is -0.392 e. The number of nitriles is 2. The Balaban J connectivity index is 0.000000206. The van der Waals surface area contributed by atoms with Crippen LogP contribution < -0.4 is 10.6 Å². The van der Waals surface area contributed by atoms with Gasteiger partial charge in [-0.2, -0.15) is 10.5 Å². The maximum absolute atomic E-state index is 13.6. The van der Waals surface area contributed by atoms with Crippen LogP contribution >= 0.6 is 46.4 Å². The van der Waals surface area contributed by atoms with E-state index in [0.29, 0.717) is 94.5 Å². The molecule has 402 valence electrons. The summed E-state index contributed by atoms with van der Waals surface area (Å²) >= 11 is 24.3. The highest BCUT2D eigenvalue weighted by molar-refractivity contribution is 6.35. The summed E-state index contributed by atoms with van der Waals surface area (Å²) < 4.78 is 0. The van der Waals surface area contributed by atoms with E-state index in [4.69, 9.17) is 46.4 Å². The Morgan fingerprint density at radius 3 is 1.65 bits per heavy atom. The molecule has 6 aromatic carbocycles. The van der Waals surface area contributed by atoms with Crippen LogP contribution in [0.3, 0.4) is 0 Å². The van der Waals surface area contributed by atoms with E-state index in [0.717, 1.165) is 45.5 Å². The van der Waals surface area contributed by atoms with Gasteiger partial charge in [-0.25, -0.2) is 0 Å². The summed E-state index contributed by atoms with van der Waals surface area (Å²) in [5.41, 5.74) is 9.07. The lowest BCUT2D eigenvalue weighted by molar-refractivity contribution is -0.137. The first-order valence-corrected chi connectivity index (χ1v) is 27.1. The van der Waals surface area contributed by atoms with Crippen LogP contribution in [0.25, 0.3) is 22.3 Å². The van der Waals surface area contributed by atoms with E-state index in [-0.39, 0.29) is 61.8 Å². The molecule has 14 nitrogen and oxygen atoms in total. The number of hydrogen-bond donors (Lipinski definition) is 4. The number of rotatable bonds is 16. The van der Waals surface area contributed by atoms with Crippen molar-refractivity contribution in [2.45, 2.75) is 63.3 Å². The van der Waals surface area contributed by atoms with Gasteiger partial charge in [0.1, 0.15) is 13.1 Å². The molecular weight excluding hydrogens is 1070 g/mol. The number of anilines is 2. The number of amides is 4. The zero-order chi connectivity index (χ0) is 55.5. The van der Waals surface area contributed by atoms with Crippen molar-refractivity contribution < 1.29 is 29.4 Å². The smallest absolute Gasteiger partial charge is 0.244 e. The first-order valence-electron chi connectivity index (χ1n) is 25.6. The molecule has 2 saturated heterocycles. The summed E-state index contributed by atoms with van der Waals surface area (Å²) in [5, 5.41) is 45.4. The third kappa shape index (κ3) is 15.7. The van der Waals surface area contributed by atoms with Crippen LogP contribution in [-0.4, -0.2) is 124 Å². The quantitative estimate of drug-likeness (QED) is 0.0725. The zero-order valence-corrected chi connectivity index (χ0v) is 45.9. The van der Waals surface area contributed by atoms with Crippen LogP contribution in [0.15, 0.2) is 127 Å². The van der Waals surface area contributed by atoms with Crippen molar-refractivity contribution in [3.8, 4) is 34.4 Å². The van der Waals surface area contributed by atoms with Crippen LogP contribution in [0.5, 0.6) is 0 Å². The number of nitrogens with zero attached hydrogens (tertiary/aromatic N) is 6. The van der Waals surface area contributed by atoms with E-state index in [2.05, 4.69) is 39.8 Å². The summed E-state index contributed by atoms with van der Waals surface area (Å²) in [6.07, 6.45) is 2.07. The molecule has 4 N–H and O–H groups in total. The van der Waals surface area contributed by atoms with Gasteiger partial charge in [-0.05, 0) is 132 Å². The highest BCUT2D eigenvalue weighted by atomic mass is 35.5. The lowest BCUT2D eigenvalue weighted by Crippen LogP contribution is -2.46. The fourth-order valence-electron chi connectivity index (χ4n) is 10.1. The first-order chi connectivity index (χ1) is 37.5. The number of nitrogens with one attached hydrogen (secondary N) is 2. The molecule has 4 atom stereocenters. The number of aliphatic hydroxyl groups is 2. The van der Waals surface area contributed by atoms with Gasteiger partial charge in [0.05, 0.1) is 48.1 Å². The molecule has 4 amide bonds. The van der Waals surface area contributed by atoms with Gasteiger partial charge in [-0.15, -0.1) is 0 Å². The fraction of sp³-hybridized carbons (Fsp3) is 0.300. The first kappa shape index (κ1) is 57.4. The lowest BCUT2D eigenvalue weighted by atomic mass is 9.99. The molecule has 0 bridgehead atoms. The third-order valence-electron chi connectivity index (χ3n) is 14.1. The van der Waals surface area contributed by atoms with Crippen LogP contribution in [0, 0.1) is 22.7 Å². The Morgan fingerprint density at radius 1 is 0.615 bits per heavy atom. The number of hydrogen-bond acceptors (Lipinski definition) is 10. The molecule has 0 aromatic heterocycles. The Hall–Kier alpha value is -6.82. The average molecular weight is 1130 g/mol. The van der Waals surface area contributed by atoms with Crippen LogP contribution in [0.4, 0.5) is 11.4 Å². The van der Waals surface area contributed by atoms with E-state index in [1.165, 1.54) is 4.90 Å². The standard InChI is InChI=1S/C31H30Cl2N4O3.C29H28Cl2N4O3/c32-25-14-26(33)16-27(15-25)35-30(39)19-37(31(40)7-9-36-8-6-29(38)18-36)28-12-23-5-4-22(11-24(23)13-28)21-3-1-2-20(10-21)17-34;1-19(21-5-7-22(8-6-21)23-4-2-3-20(11-23)15-32)35(29(38)18-34-10-9-27(36)16-34)17-28(37)33-26-13-24(30)12-25(31)14-26/h1-5,10-11,14-16,28-29,38H,6-9,12-13,18-19H2,(H,35,39);2-8,11-14,19,27,36H,9-10,16-18H2,1H3,(H,33,37)/t28?,29-;19-,27+/m01/s1. The molecule has 2 aliphatic heterocycles. The Labute approximate surface area is 474 Å². The maximum atomic E-state index is 13.6. The van der Waals surface area contributed by atoms with E-state index in [1.807, 2.05) is 78.6 Å². The molecule has 3 aliphatic rings. The van der Waals surface area contributed by atoms with Crippen LogP contribution in [0.2, 0.25) is 20.1 Å². The van der Waals surface area contributed by atoms with Gasteiger partial charge in [0.15, 0.2) is 0 Å². The number of β-amino-alcohol motifs (C(OH)–C–C–N with tert-alkyl or cyclic N) is 2. The second kappa shape index (κ2) is 26.7. The van der Waals surface area contributed by atoms with Gasteiger partial charge in [0.2, 0.25) is 23.6 Å². The highest BCUT2D eigenvalue weighted by Gasteiger charge is 2.33. The molecule has 78 heavy (non-hydrogen) atoms. The molecule has 1 unspecified atom stereocenters. The van der Waals surface area contributed by atoms with Crippen molar-refractivity contribution in [3.05, 3.63) is 175 Å². The lowest BCUT2D eigenvalue weighted by Gasteiger charge is -2.31. The maximum Gasteiger partial charge on any atom is 0.244 e. The molecule has 2 heterocycles. The molecule has 1 aliphatic carbocycles. The summed E-state index contributed by atoms with van der Waals surface area (Å²) in [7, 11) is 0. The average Bonchev–Trinajstić information content (AvgIpc) is 4.17. The largest absolute Gasteiger partial charge is 0.392 e. The van der Waals surface area contributed by atoms with Crippen molar-refractivity contribution in [2.75, 3.05) is 63.0 Å². The second-order valence-electron chi connectivity index (χ2n) is 19.9. The van der Waals surface area contributed by atoms with E-state index >= 15 is 0 Å². The molecular formula is C60H58Cl4N8O6. The van der Waals surface area contributed by atoms with Gasteiger partial charge in [-0.1, -0.05) is 113 Å². The summed E-state index contributed by atoms with van der Waals surface area (Å²) in [6.45, 7) is 4.63. The van der Waals surface area contributed by atoms with Gasteiger partial charge < -0.3 is 35.5 Å². The van der Waals surface area contributed by atoms with Crippen LogP contribution in [-0.2, 0) is 32.0 Å². The Kier molecular flexibility index (Phi) is 19.6. The molecule has 0 radical (unpaired) electrons. The predicted octanol–water partition coefficient (Wildman–Crippen LogP) is 10.1. The van der Waals surface area contributed by atoms with E-state index < -0.39 is 12.1 Å². The molecule has 0 saturated carbocycles. The Bertz CT molecular complexity index is 3220. The number of fused-ring (bicyclic) bond motifs is 1. The van der Waals surface area contributed by atoms with Gasteiger partial charge >= 0.3 is 0 Å². The fourth-order valence-corrected chi connectivity index (χ4v) is 11.2. The van der Waals surface area contributed by atoms with Crippen molar-refractivity contribution in [2.24, 2.45) is 0 Å². The van der Waals surface area contributed by atoms with Crippen molar-refractivity contribution >= 4 is 81.4 Å². The van der Waals surface area contributed by atoms with Crippen molar-refractivity contribution in [1.82, 2.24) is 19.6 Å². The third-order valence-corrected chi connectivity index (χ3v) is 15.0. The number of halogens is 4. The Morgan fingerprint density at radius 2 is 1.12 bits per heavy atom. The molecule has 18 heteroatoms. The summed E-state index contributed by atoms with van der Waals surface area (Å²) in [5.74, 6) is -1.01. The monoisotopic (exact) mass is 1130 g/mol. The van der Waals surface area contributed by atoms with Gasteiger partial charge in [-0.3, -0.25) is 24.1 Å². The molecule has 2 fully saturated rings. The zero-order valence-electron chi connectivity index (χ0n) is 42.8. The number of aliphatic hydroxyl groups excluding tert-OH is 2.